The van der Waals surface area contributed by atoms with Crippen molar-refractivity contribution in [2.45, 2.75) is 39.7 Å². The zero-order valence-corrected chi connectivity index (χ0v) is 11.1. The summed E-state index contributed by atoms with van der Waals surface area (Å²) >= 11 is 0. The molecule has 0 radical (unpaired) electrons. The first kappa shape index (κ1) is 12.5. The number of aromatic amines is 1. The van der Waals surface area contributed by atoms with Gasteiger partial charge in [-0.1, -0.05) is 13.8 Å². The lowest BCUT2D eigenvalue weighted by atomic mass is 10.2. The molecule has 2 heterocycles. The van der Waals surface area contributed by atoms with Crippen LogP contribution in [0.3, 0.4) is 0 Å². The molecule has 2 rings (SSSR count). The number of hydrogen-bond donors (Lipinski definition) is 2. The second-order valence-electron chi connectivity index (χ2n) is 4.22. The molecule has 5 nitrogen and oxygen atoms in total. The van der Waals surface area contributed by atoms with Gasteiger partial charge in [0.15, 0.2) is 0 Å². The number of aromatic nitrogens is 4. The van der Waals surface area contributed by atoms with Crippen molar-refractivity contribution in [2.75, 3.05) is 5.32 Å². The molecule has 0 saturated heterocycles. The molecule has 0 saturated carbocycles. The molecule has 0 aliphatic carbocycles. The number of rotatable bonds is 5. The molecule has 5 heteroatoms. The topological polar surface area (TPSA) is 66.5 Å². The van der Waals surface area contributed by atoms with Crippen LogP contribution >= 0.6 is 0 Å². The lowest BCUT2D eigenvalue weighted by Crippen LogP contribution is -2.13. The van der Waals surface area contributed by atoms with Gasteiger partial charge in [0, 0.05) is 24.2 Å². The third-order valence-electron chi connectivity index (χ3n) is 2.83. The summed E-state index contributed by atoms with van der Waals surface area (Å²) in [5.41, 5.74) is 1.05. The highest BCUT2D eigenvalue weighted by Crippen LogP contribution is 2.18. The fourth-order valence-corrected chi connectivity index (χ4v) is 1.89. The van der Waals surface area contributed by atoms with Gasteiger partial charge in [0.1, 0.15) is 17.5 Å². The second-order valence-corrected chi connectivity index (χ2v) is 4.22. The zero-order chi connectivity index (χ0) is 13.0. The van der Waals surface area contributed by atoms with Crippen LogP contribution in [0.25, 0.3) is 0 Å². The van der Waals surface area contributed by atoms with E-state index in [0.717, 1.165) is 36.0 Å². The first-order chi connectivity index (χ1) is 8.72. The molecule has 18 heavy (non-hydrogen) atoms. The maximum absolute atomic E-state index is 4.42. The monoisotopic (exact) mass is 245 g/mol. The minimum atomic E-state index is 0.152. The van der Waals surface area contributed by atoms with E-state index in [1.54, 1.807) is 6.20 Å². The van der Waals surface area contributed by atoms with Crippen molar-refractivity contribution >= 4 is 5.82 Å². The first-order valence-corrected chi connectivity index (χ1v) is 6.33. The first-order valence-electron chi connectivity index (χ1n) is 6.33. The van der Waals surface area contributed by atoms with Gasteiger partial charge in [-0.2, -0.15) is 0 Å². The number of hydrogen-bond acceptors (Lipinski definition) is 4. The molecule has 0 amide bonds. The molecule has 1 atom stereocenters. The number of anilines is 1. The Morgan fingerprint density at radius 3 is 2.78 bits per heavy atom. The molecule has 2 N–H and O–H groups in total. The summed E-state index contributed by atoms with van der Waals surface area (Å²) in [4.78, 5) is 16.2. The van der Waals surface area contributed by atoms with Crippen molar-refractivity contribution in [1.29, 1.82) is 0 Å². The van der Waals surface area contributed by atoms with Crippen LogP contribution in [0, 0.1) is 6.92 Å². The predicted molar refractivity (Wildman–Crippen MR) is 71.4 cm³/mol. The van der Waals surface area contributed by atoms with Gasteiger partial charge in [-0.15, -0.1) is 0 Å². The van der Waals surface area contributed by atoms with Crippen LogP contribution in [0.5, 0.6) is 0 Å². The van der Waals surface area contributed by atoms with Crippen molar-refractivity contribution in [3.8, 4) is 0 Å². The quantitative estimate of drug-likeness (QED) is 0.849. The van der Waals surface area contributed by atoms with E-state index in [1.165, 1.54) is 0 Å². The highest BCUT2D eigenvalue weighted by atomic mass is 15.1. The number of imidazole rings is 1. The Hall–Kier alpha value is -1.91. The predicted octanol–water partition coefficient (Wildman–Crippen LogP) is 2.63. The minimum Gasteiger partial charge on any atom is -0.360 e. The second kappa shape index (κ2) is 5.62. The van der Waals surface area contributed by atoms with Crippen LogP contribution in [0.1, 0.15) is 43.7 Å². The van der Waals surface area contributed by atoms with Crippen molar-refractivity contribution in [3.05, 3.63) is 35.8 Å². The molecule has 1 unspecified atom stereocenters. The van der Waals surface area contributed by atoms with Gasteiger partial charge in [-0.05, 0) is 19.8 Å². The van der Waals surface area contributed by atoms with Gasteiger partial charge in [-0.3, -0.25) is 0 Å². The van der Waals surface area contributed by atoms with Crippen molar-refractivity contribution in [3.63, 3.8) is 0 Å². The average Bonchev–Trinajstić information content (AvgIpc) is 2.89. The Labute approximate surface area is 107 Å². The fourth-order valence-electron chi connectivity index (χ4n) is 1.89. The number of aryl methyl sites for hydroxylation is 2. The SMILES string of the molecule is CCc1cc(NC(CC)c2ncc[nH]2)nc(C)n1. The van der Waals surface area contributed by atoms with Crippen molar-refractivity contribution in [2.24, 2.45) is 0 Å². The van der Waals surface area contributed by atoms with Crippen LogP contribution in [-0.4, -0.2) is 19.9 Å². The van der Waals surface area contributed by atoms with Gasteiger partial charge in [0.2, 0.25) is 0 Å². The maximum Gasteiger partial charge on any atom is 0.130 e. The Morgan fingerprint density at radius 2 is 2.17 bits per heavy atom. The van der Waals surface area contributed by atoms with E-state index >= 15 is 0 Å². The molecule has 0 aliphatic heterocycles. The van der Waals surface area contributed by atoms with Gasteiger partial charge in [0.25, 0.3) is 0 Å². The van der Waals surface area contributed by atoms with Gasteiger partial charge in [0.05, 0.1) is 6.04 Å². The van der Waals surface area contributed by atoms with E-state index in [9.17, 15) is 0 Å². The Bertz CT molecular complexity index is 492. The molecule has 2 aromatic heterocycles. The molecule has 96 valence electrons. The number of nitrogens with one attached hydrogen (secondary N) is 2. The van der Waals surface area contributed by atoms with Crippen LogP contribution in [0.4, 0.5) is 5.82 Å². The van der Waals surface area contributed by atoms with Crippen molar-refractivity contribution in [1.82, 2.24) is 19.9 Å². The van der Waals surface area contributed by atoms with Crippen LogP contribution in [-0.2, 0) is 6.42 Å². The molecule has 0 spiro atoms. The van der Waals surface area contributed by atoms with Crippen LogP contribution in [0.15, 0.2) is 18.5 Å². The van der Waals surface area contributed by atoms with E-state index in [-0.39, 0.29) is 6.04 Å². The maximum atomic E-state index is 4.42. The average molecular weight is 245 g/mol. The Kier molecular flexibility index (Phi) is 3.92. The van der Waals surface area contributed by atoms with E-state index in [2.05, 4.69) is 39.1 Å². The summed E-state index contributed by atoms with van der Waals surface area (Å²) in [5.74, 6) is 2.60. The summed E-state index contributed by atoms with van der Waals surface area (Å²) in [5, 5.41) is 3.40. The normalized spacial score (nSPS) is 12.4. The summed E-state index contributed by atoms with van der Waals surface area (Å²) in [6.07, 6.45) is 5.46. The van der Waals surface area contributed by atoms with E-state index < -0.39 is 0 Å². The Morgan fingerprint density at radius 1 is 1.33 bits per heavy atom. The molecule has 2 aromatic rings. The summed E-state index contributed by atoms with van der Waals surface area (Å²) in [7, 11) is 0. The molecule has 0 aliphatic rings. The smallest absolute Gasteiger partial charge is 0.130 e. The molecule has 0 aromatic carbocycles. The number of nitrogens with zero attached hydrogens (tertiary/aromatic N) is 3. The fraction of sp³-hybridized carbons (Fsp3) is 0.462. The molecule has 0 fully saturated rings. The van der Waals surface area contributed by atoms with Crippen molar-refractivity contribution < 1.29 is 0 Å². The lowest BCUT2D eigenvalue weighted by Gasteiger charge is -2.16. The molecular weight excluding hydrogens is 226 g/mol. The standard InChI is InChI=1S/C13H19N5/c1-4-10-8-12(17-9(3)16-10)18-11(5-2)13-14-6-7-15-13/h6-8,11H,4-5H2,1-3H3,(H,14,15)(H,16,17,18). The van der Waals surface area contributed by atoms with E-state index in [1.807, 2.05) is 19.2 Å². The van der Waals surface area contributed by atoms with E-state index in [4.69, 9.17) is 0 Å². The van der Waals surface area contributed by atoms with Gasteiger partial charge >= 0.3 is 0 Å². The minimum absolute atomic E-state index is 0.152. The summed E-state index contributed by atoms with van der Waals surface area (Å²) < 4.78 is 0. The highest BCUT2D eigenvalue weighted by Gasteiger charge is 2.12. The van der Waals surface area contributed by atoms with Crippen LogP contribution < -0.4 is 5.32 Å². The highest BCUT2D eigenvalue weighted by molar-refractivity contribution is 5.38. The van der Waals surface area contributed by atoms with E-state index in [0.29, 0.717) is 0 Å². The molecule has 0 bridgehead atoms. The third-order valence-corrected chi connectivity index (χ3v) is 2.83. The van der Waals surface area contributed by atoms with Gasteiger partial charge in [-0.25, -0.2) is 15.0 Å². The van der Waals surface area contributed by atoms with Gasteiger partial charge < -0.3 is 10.3 Å². The third kappa shape index (κ3) is 2.85. The van der Waals surface area contributed by atoms with Crippen LogP contribution in [0.2, 0.25) is 0 Å². The molecular formula is C13H19N5. The largest absolute Gasteiger partial charge is 0.360 e. The zero-order valence-electron chi connectivity index (χ0n) is 11.1. The number of H-pyrrole nitrogens is 1. The summed E-state index contributed by atoms with van der Waals surface area (Å²) in [6, 6.07) is 2.15. The lowest BCUT2D eigenvalue weighted by molar-refractivity contribution is 0.698. The Balaban J connectivity index is 2.19. The summed E-state index contributed by atoms with van der Waals surface area (Å²) in [6.45, 7) is 6.13.